The summed E-state index contributed by atoms with van der Waals surface area (Å²) >= 11 is 0. The predicted octanol–water partition coefficient (Wildman–Crippen LogP) is 0.568. The van der Waals surface area contributed by atoms with E-state index in [1.807, 2.05) is 30.5 Å². The van der Waals surface area contributed by atoms with Crippen molar-refractivity contribution in [2.24, 2.45) is 0 Å². The number of nitrogens with two attached hydrogens (primary N) is 1. The van der Waals surface area contributed by atoms with Gasteiger partial charge in [-0.3, -0.25) is 4.40 Å². The van der Waals surface area contributed by atoms with Gasteiger partial charge in [-0.1, -0.05) is 5.21 Å². The lowest BCUT2D eigenvalue weighted by atomic mass is 10.3. The first-order valence-electron chi connectivity index (χ1n) is 5.59. The molecule has 0 saturated carbocycles. The Morgan fingerprint density at radius 3 is 2.78 bits per heavy atom. The topological polar surface area (TPSA) is 86.9 Å². The summed E-state index contributed by atoms with van der Waals surface area (Å²) in [6.07, 6.45) is 3.63. The molecule has 3 heterocycles. The monoisotopic (exact) mass is 243 g/mol. The Bertz CT molecular complexity index is 709. The maximum atomic E-state index is 5.52. The van der Waals surface area contributed by atoms with Crippen molar-refractivity contribution in [3.8, 4) is 0 Å². The summed E-state index contributed by atoms with van der Waals surface area (Å²) in [5.74, 6) is 1.11. The Hall–Kier alpha value is -2.44. The Morgan fingerprint density at radius 1 is 1.22 bits per heavy atom. The molecule has 0 atom stereocenters. The lowest BCUT2D eigenvalue weighted by molar-refractivity contribution is 0.641. The van der Waals surface area contributed by atoms with Crippen molar-refractivity contribution >= 4 is 11.6 Å². The van der Waals surface area contributed by atoms with Crippen molar-refractivity contribution < 1.29 is 0 Å². The van der Waals surface area contributed by atoms with Crippen LogP contribution in [0.1, 0.15) is 17.1 Å². The number of nitrogen functional groups attached to an aromatic ring is 1. The zero-order chi connectivity index (χ0) is 12.7. The van der Waals surface area contributed by atoms with Crippen LogP contribution in [0.4, 0.5) is 5.82 Å². The molecule has 7 heteroatoms. The van der Waals surface area contributed by atoms with Gasteiger partial charge in [0.15, 0.2) is 5.82 Å². The quantitative estimate of drug-likeness (QED) is 0.711. The molecule has 0 radical (unpaired) electrons. The van der Waals surface area contributed by atoms with Crippen LogP contribution in [-0.2, 0) is 6.54 Å². The molecule has 0 spiro atoms. The number of imidazole rings is 1. The normalized spacial score (nSPS) is 11.2. The molecule has 0 aliphatic rings. The van der Waals surface area contributed by atoms with Crippen molar-refractivity contribution in [3.05, 3.63) is 35.5 Å². The molecule has 0 aliphatic carbocycles. The molecule has 3 aromatic heterocycles. The van der Waals surface area contributed by atoms with Crippen LogP contribution in [0.5, 0.6) is 0 Å². The second-order valence-corrected chi connectivity index (χ2v) is 4.28. The lowest BCUT2D eigenvalue weighted by Crippen LogP contribution is -2.00. The zero-order valence-corrected chi connectivity index (χ0v) is 10.2. The molecule has 3 rings (SSSR count). The van der Waals surface area contributed by atoms with Crippen molar-refractivity contribution in [3.63, 3.8) is 0 Å². The largest absolute Gasteiger partial charge is 0.381 e. The molecular formula is C11H13N7. The van der Waals surface area contributed by atoms with Gasteiger partial charge in [-0.15, -0.1) is 5.10 Å². The predicted molar refractivity (Wildman–Crippen MR) is 66.0 cm³/mol. The van der Waals surface area contributed by atoms with E-state index in [9.17, 15) is 0 Å². The maximum absolute atomic E-state index is 5.52. The van der Waals surface area contributed by atoms with E-state index in [1.54, 1.807) is 10.9 Å². The van der Waals surface area contributed by atoms with Gasteiger partial charge in [0.05, 0.1) is 18.4 Å². The van der Waals surface area contributed by atoms with Gasteiger partial charge in [-0.2, -0.15) is 0 Å². The van der Waals surface area contributed by atoms with E-state index in [0.717, 1.165) is 17.1 Å². The molecular weight excluding hydrogens is 230 g/mol. The maximum Gasteiger partial charge on any atom is 0.234 e. The highest BCUT2D eigenvalue weighted by Gasteiger charge is 2.07. The van der Waals surface area contributed by atoms with E-state index in [2.05, 4.69) is 20.3 Å². The van der Waals surface area contributed by atoms with E-state index in [0.29, 0.717) is 18.1 Å². The number of anilines is 1. The standard InChI is InChI=1S/C11H13N7/c1-7-3-8(2)18-5-9(14-11(18)13-7)4-17-6-10(12)15-16-17/h3,5-6H,4,12H2,1-2H3. The molecule has 7 nitrogen and oxygen atoms in total. The first kappa shape index (κ1) is 10.7. The minimum Gasteiger partial charge on any atom is -0.381 e. The molecule has 92 valence electrons. The smallest absolute Gasteiger partial charge is 0.234 e. The molecule has 18 heavy (non-hydrogen) atoms. The number of hydrogen-bond donors (Lipinski definition) is 1. The molecule has 2 N–H and O–H groups in total. The van der Waals surface area contributed by atoms with Crippen LogP contribution in [0.25, 0.3) is 5.78 Å². The minimum atomic E-state index is 0.406. The fraction of sp³-hybridized carbons (Fsp3) is 0.273. The third-order valence-corrected chi connectivity index (χ3v) is 2.69. The first-order valence-corrected chi connectivity index (χ1v) is 5.59. The van der Waals surface area contributed by atoms with Crippen LogP contribution in [0.15, 0.2) is 18.5 Å². The van der Waals surface area contributed by atoms with Gasteiger partial charge in [0, 0.05) is 17.6 Å². The van der Waals surface area contributed by atoms with E-state index in [4.69, 9.17) is 5.73 Å². The molecule has 3 aromatic rings. The summed E-state index contributed by atoms with van der Waals surface area (Å²) < 4.78 is 3.61. The van der Waals surface area contributed by atoms with Crippen molar-refractivity contribution in [1.29, 1.82) is 0 Å². The number of aromatic nitrogens is 6. The van der Waals surface area contributed by atoms with Crippen LogP contribution in [0.3, 0.4) is 0 Å². The van der Waals surface area contributed by atoms with Gasteiger partial charge >= 0.3 is 0 Å². The van der Waals surface area contributed by atoms with E-state index in [1.165, 1.54) is 0 Å². The highest BCUT2D eigenvalue weighted by molar-refractivity contribution is 5.34. The summed E-state index contributed by atoms with van der Waals surface area (Å²) in [5.41, 5.74) is 8.46. The van der Waals surface area contributed by atoms with Crippen LogP contribution in [0.2, 0.25) is 0 Å². The van der Waals surface area contributed by atoms with Crippen LogP contribution >= 0.6 is 0 Å². The summed E-state index contributed by atoms with van der Waals surface area (Å²) in [7, 11) is 0. The fourth-order valence-electron chi connectivity index (χ4n) is 1.95. The molecule has 0 aromatic carbocycles. The SMILES string of the molecule is Cc1cc(C)n2cc(Cn3cc(N)nn3)nc2n1. The van der Waals surface area contributed by atoms with Crippen LogP contribution in [-0.4, -0.2) is 29.4 Å². The van der Waals surface area contributed by atoms with Gasteiger partial charge in [0.2, 0.25) is 5.78 Å². The summed E-state index contributed by atoms with van der Waals surface area (Å²) in [6, 6.07) is 2.02. The van der Waals surface area contributed by atoms with Crippen molar-refractivity contribution in [1.82, 2.24) is 29.4 Å². The van der Waals surface area contributed by atoms with Gasteiger partial charge in [0.25, 0.3) is 0 Å². The first-order chi connectivity index (χ1) is 8.61. The second-order valence-electron chi connectivity index (χ2n) is 4.28. The van der Waals surface area contributed by atoms with E-state index >= 15 is 0 Å². The molecule has 0 bridgehead atoms. The van der Waals surface area contributed by atoms with Crippen molar-refractivity contribution in [2.75, 3.05) is 5.73 Å². The van der Waals surface area contributed by atoms with Crippen molar-refractivity contribution in [2.45, 2.75) is 20.4 Å². The third-order valence-electron chi connectivity index (χ3n) is 2.69. The van der Waals surface area contributed by atoms with Gasteiger partial charge in [-0.05, 0) is 19.9 Å². The van der Waals surface area contributed by atoms with E-state index in [-0.39, 0.29) is 0 Å². The summed E-state index contributed by atoms with van der Waals surface area (Å²) in [5, 5.41) is 7.63. The fourth-order valence-corrected chi connectivity index (χ4v) is 1.95. The Kier molecular flexibility index (Phi) is 2.26. The Labute approximate surface area is 103 Å². The molecule has 0 saturated heterocycles. The highest BCUT2D eigenvalue weighted by Crippen LogP contribution is 2.09. The Balaban J connectivity index is 2.01. The summed E-state index contributed by atoms with van der Waals surface area (Å²) in [6.45, 7) is 4.52. The average Bonchev–Trinajstić information content (AvgIpc) is 2.85. The second kappa shape index (κ2) is 3.80. The number of hydrogen-bond acceptors (Lipinski definition) is 5. The number of aryl methyl sites for hydroxylation is 2. The zero-order valence-electron chi connectivity index (χ0n) is 10.2. The average molecular weight is 243 g/mol. The molecule has 0 aliphatic heterocycles. The number of nitrogens with zero attached hydrogens (tertiary/aromatic N) is 6. The molecule has 0 unspecified atom stereocenters. The lowest BCUT2D eigenvalue weighted by Gasteiger charge is -1.98. The van der Waals surface area contributed by atoms with Crippen LogP contribution in [0, 0.1) is 13.8 Å². The molecule has 0 fully saturated rings. The van der Waals surface area contributed by atoms with Gasteiger partial charge in [-0.25, -0.2) is 14.6 Å². The minimum absolute atomic E-state index is 0.406. The molecule has 0 amide bonds. The number of fused-ring (bicyclic) bond motifs is 1. The third kappa shape index (κ3) is 1.79. The van der Waals surface area contributed by atoms with Gasteiger partial charge in [0.1, 0.15) is 0 Å². The van der Waals surface area contributed by atoms with E-state index < -0.39 is 0 Å². The Morgan fingerprint density at radius 2 is 2.06 bits per heavy atom. The number of rotatable bonds is 2. The highest BCUT2D eigenvalue weighted by atomic mass is 15.4. The van der Waals surface area contributed by atoms with Crippen LogP contribution < -0.4 is 5.73 Å². The van der Waals surface area contributed by atoms with Gasteiger partial charge < -0.3 is 5.73 Å². The summed E-state index contributed by atoms with van der Waals surface area (Å²) in [4.78, 5) is 8.85.